The molecule has 0 amide bonds. The summed E-state index contributed by atoms with van der Waals surface area (Å²) < 4.78 is 19.7. The fourth-order valence-electron chi connectivity index (χ4n) is 4.11. The molecule has 2 heterocycles. The van der Waals surface area contributed by atoms with Crippen molar-refractivity contribution in [2.24, 2.45) is 5.92 Å². The summed E-state index contributed by atoms with van der Waals surface area (Å²) in [4.78, 5) is 5.00. The van der Waals surface area contributed by atoms with Crippen molar-refractivity contribution in [2.75, 3.05) is 39.3 Å². The van der Waals surface area contributed by atoms with Crippen molar-refractivity contribution >= 4 is 0 Å². The monoisotopic (exact) mass is 334 g/mol. The lowest BCUT2D eigenvalue weighted by molar-refractivity contribution is -0.0766. The van der Waals surface area contributed by atoms with Crippen molar-refractivity contribution in [1.82, 2.24) is 9.80 Å². The zero-order chi connectivity index (χ0) is 17.0. The molecule has 0 bridgehead atoms. The lowest BCUT2D eigenvalue weighted by Gasteiger charge is -2.37. The largest absolute Gasteiger partial charge is 0.376 e. The van der Waals surface area contributed by atoms with Gasteiger partial charge in [-0.15, -0.1) is 0 Å². The van der Waals surface area contributed by atoms with Gasteiger partial charge in [0.15, 0.2) is 0 Å². The van der Waals surface area contributed by atoms with Crippen LogP contribution in [0, 0.1) is 11.7 Å². The molecule has 4 heteroatoms. The Morgan fingerprint density at radius 2 is 1.88 bits per heavy atom. The molecule has 2 saturated heterocycles. The van der Waals surface area contributed by atoms with Gasteiger partial charge < -0.3 is 9.64 Å². The maximum absolute atomic E-state index is 13.9. The SMILES string of the molecule is CC1(C)CC(CN2CCCN(Cc3ccccc3F)CC2)CCO1. The highest BCUT2D eigenvalue weighted by atomic mass is 19.1. The fourth-order valence-corrected chi connectivity index (χ4v) is 4.11. The zero-order valence-electron chi connectivity index (χ0n) is 15.1. The minimum atomic E-state index is -0.0805. The van der Waals surface area contributed by atoms with E-state index in [-0.39, 0.29) is 11.4 Å². The molecule has 1 aromatic carbocycles. The average molecular weight is 334 g/mol. The summed E-state index contributed by atoms with van der Waals surface area (Å²) in [6.45, 7) is 11.5. The Hall–Kier alpha value is -0.970. The summed E-state index contributed by atoms with van der Waals surface area (Å²) in [5, 5.41) is 0. The molecule has 134 valence electrons. The summed E-state index contributed by atoms with van der Waals surface area (Å²) in [6, 6.07) is 7.16. The molecule has 3 nitrogen and oxygen atoms in total. The Kier molecular flexibility index (Phi) is 5.90. The molecular weight excluding hydrogens is 303 g/mol. The fraction of sp³-hybridized carbons (Fsp3) is 0.700. The number of hydrogen-bond acceptors (Lipinski definition) is 3. The van der Waals surface area contributed by atoms with E-state index in [1.165, 1.54) is 19.4 Å². The second-order valence-electron chi connectivity index (χ2n) is 7.99. The molecule has 2 aliphatic rings. The highest BCUT2D eigenvalue weighted by molar-refractivity contribution is 5.17. The lowest BCUT2D eigenvalue weighted by Crippen LogP contribution is -2.40. The van der Waals surface area contributed by atoms with Crippen LogP contribution >= 0.6 is 0 Å². The van der Waals surface area contributed by atoms with Gasteiger partial charge in [0.1, 0.15) is 5.82 Å². The van der Waals surface area contributed by atoms with Crippen molar-refractivity contribution in [3.63, 3.8) is 0 Å². The van der Waals surface area contributed by atoms with Crippen molar-refractivity contribution in [3.05, 3.63) is 35.6 Å². The van der Waals surface area contributed by atoms with Gasteiger partial charge in [0.05, 0.1) is 5.60 Å². The maximum atomic E-state index is 13.9. The third-order valence-electron chi connectivity index (χ3n) is 5.35. The van der Waals surface area contributed by atoms with Crippen LogP contribution in [-0.4, -0.2) is 54.7 Å². The van der Waals surface area contributed by atoms with E-state index in [2.05, 4.69) is 23.6 Å². The first-order valence-corrected chi connectivity index (χ1v) is 9.34. The van der Waals surface area contributed by atoms with Gasteiger partial charge in [0.2, 0.25) is 0 Å². The first-order valence-electron chi connectivity index (χ1n) is 9.34. The normalized spacial score (nSPS) is 26.2. The van der Waals surface area contributed by atoms with E-state index in [4.69, 9.17) is 4.74 Å². The molecule has 3 rings (SSSR count). The Labute approximate surface area is 145 Å². The molecule has 24 heavy (non-hydrogen) atoms. The van der Waals surface area contributed by atoms with Crippen molar-refractivity contribution in [1.29, 1.82) is 0 Å². The number of nitrogens with zero attached hydrogens (tertiary/aromatic N) is 2. The summed E-state index contributed by atoms with van der Waals surface area (Å²) >= 11 is 0. The Morgan fingerprint density at radius 3 is 2.67 bits per heavy atom. The second kappa shape index (κ2) is 7.94. The third kappa shape index (κ3) is 5.01. The molecule has 2 fully saturated rings. The van der Waals surface area contributed by atoms with Gasteiger partial charge in [-0.2, -0.15) is 0 Å². The van der Waals surface area contributed by atoms with E-state index in [1.54, 1.807) is 12.1 Å². The van der Waals surface area contributed by atoms with Crippen LogP contribution < -0.4 is 0 Å². The van der Waals surface area contributed by atoms with Crippen LogP contribution in [0.25, 0.3) is 0 Å². The summed E-state index contributed by atoms with van der Waals surface area (Å²) in [5.41, 5.74) is 0.850. The highest BCUT2D eigenvalue weighted by Crippen LogP contribution is 2.29. The van der Waals surface area contributed by atoms with E-state index in [0.29, 0.717) is 0 Å². The number of rotatable bonds is 4. The van der Waals surface area contributed by atoms with Crippen LogP contribution in [0.15, 0.2) is 24.3 Å². The molecule has 2 aliphatic heterocycles. The van der Waals surface area contributed by atoms with Gasteiger partial charge in [0.25, 0.3) is 0 Å². The summed E-state index contributed by atoms with van der Waals surface area (Å²) in [5.74, 6) is 0.662. The van der Waals surface area contributed by atoms with Crippen LogP contribution in [0.1, 0.15) is 38.7 Å². The molecule has 1 unspecified atom stereocenters. The second-order valence-corrected chi connectivity index (χ2v) is 7.99. The topological polar surface area (TPSA) is 15.7 Å². The number of benzene rings is 1. The highest BCUT2D eigenvalue weighted by Gasteiger charge is 2.30. The lowest BCUT2D eigenvalue weighted by atomic mass is 9.88. The van der Waals surface area contributed by atoms with E-state index in [1.807, 2.05) is 12.1 Å². The van der Waals surface area contributed by atoms with Gasteiger partial charge >= 0.3 is 0 Å². The summed E-state index contributed by atoms with van der Waals surface area (Å²) in [7, 11) is 0. The molecule has 0 saturated carbocycles. The molecule has 0 N–H and O–H groups in total. The predicted molar refractivity (Wildman–Crippen MR) is 95.5 cm³/mol. The van der Waals surface area contributed by atoms with E-state index in [0.717, 1.165) is 57.2 Å². The predicted octanol–water partition coefficient (Wildman–Crippen LogP) is 3.54. The van der Waals surface area contributed by atoms with Gasteiger partial charge in [-0.3, -0.25) is 4.90 Å². The summed E-state index contributed by atoms with van der Waals surface area (Å²) in [6.07, 6.45) is 3.50. The van der Waals surface area contributed by atoms with Gasteiger partial charge in [-0.25, -0.2) is 4.39 Å². The minimum absolute atomic E-state index is 0.0334. The number of halogens is 1. The molecule has 0 aromatic heterocycles. The smallest absolute Gasteiger partial charge is 0.127 e. The maximum Gasteiger partial charge on any atom is 0.127 e. The zero-order valence-corrected chi connectivity index (χ0v) is 15.1. The molecule has 0 spiro atoms. The molecule has 1 aromatic rings. The van der Waals surface area contributed by atoms with Gasteiger partial charge in [-0.05, 0) is 58.2 Å². The Morgan fingerprint density at radius 1 is 1.12 bits per heavy atom. The van der Waals surface area contributed by atoms with Crippen LogP contribution in [0.5, 0.6) is 0 Å². The number of hydrogen-bond donors (Lipinski definition) is 0. The third-order valence-corrected chi connectivity index (χ3v) is 5.35. The van der Waals surface area contributed by atoms with Gasteiger partial charge in [0, 0.05) is 38.3 Å². The van der Waals surface area contributed by atoms with Crippen LogP contribution in [0.4, 0.5) is 4.39 Å². The first-order chi connectivity index (χ1) is 11.5. The van der Waals surface area contributed by atoms with E-state index < -0.39 is 0 Å². The van der Waals surface area contributed by atoms with Gasteiger partial charge in [-0.1, -0.05) is 18.2 Å². The molecule has 0 radical (unpaired) electrons. The van der Waals surface area contributed by atoms with Crippen molar-refractivity contribution in [3.8, 4) is 0 Å². The average Bonchev–Trinajstić information content (AvgIpc) is 2.74. The van der Waals surface area contributed by atoms with E-state index in [9.17, 15) is 4.39 Å². The van der Waals surface area contributed by atoms with Crippen molar-refractivity contribution < 1.29 is 9.13 Å². The van der Waals surface area contributed by atoms with Crippen LogP contribution in [-0.2, 0) is 11.3 Å². The Bertz CT molecular complexity index is 534. The van der Waals surface area contributed by atoms with Crippen LogP contribution in [0.2, 0.25) is 0 Å². The van der Waals surface area contributed by atoms with Crippen molar-refractivity contribution in [2.45, 2.75) is 45.3 Å². The molecule has 1 atom stereocenters. The standard InChI is InChI=1S/C20H31FN2O/c1-20(2)14-17(8-13-24-20)15-22-9-5-10-23(12-11-22)16-18-6-3-4-7-19(18)21/h3-4,6-7,17H,5,8-16H2,1-2H3. The molecular formula is C20H31FN2O. The number of ether oxygens (including phenoxy) is 1. The molecule has 0 aliphatic carbocycles. The minimum Gasteiger partial charge on any atom is -0.376 e. The first kappa shape index (κ1) is 17.8. The Balaban J connectivity index is 1.49. The van der Waals surface area contributed by atoms with Crippen LogP contribution in [0.3, 0.4) is 0 Å². The quantitative estimate of drug-likeness (QED) is 0.838. The van der Waals surface area contributed by atoms with E-state index >= 15 is 0 Å².